The smallest absolute Gasteiger partial charge is 0.260 e. The van der Waals surface area contributed by atoms with E-state index in [1.54, 1.807) is 25.0 Å². The van der Waals surface area contributed by atoms with Crippen LogP contribution >= 0.6 is 11.8 Å². The second-order valence-corrected chi connectivity index (χ2v) is 7.67. The predicted molar refractivity (Wildman–Crippen MR) is 76.6 cm³/mol. The van der Waals surface area contributed by atoms with Crippen molar-refractivity contribution in [2.45, 2.75) is 30.5 Å². The maximum absolute atomic E-state index is 12.4. The van der Waals surface area contributed by atoms with Crippen LogP contribution in [0.1, 0.15) is 18.4 Å². The first-order valence-electron chi connectivity index (χ1n) is 6.26. The Balaban J connectivity index is 2.08. The third-order valence-electron chi connectivity index (χ3n) is 3.12. The van der Waals surface area contributed by atoms with Crippen LogP contribution in [-0.4, -0.2) is 54.6 Å². The molecule has 0 saturated heterocycles. The number of thioether (sulfide) groups is 1. The molecule has 8 heteroatoms. The van der Waals surface area contributed by atoms with E-state index in [9.17, 15) is 8.42 Å². The molecule has 0 bridgehead atoms. The van der Waals surface area contributed by atoms with Gasteiger partial charge >= 0.3 is 0 Å². The molecular weight excluding hydrogens is 284 g/mol. The average Bonchev–Trinajstić information content (AvgIpc) is 3.09. The van der Waals surface area contributed by atoms with Gasteiger partial charge in [-0.2, -0.15) is 21.2 Å². The summed E-state index contributed by atoms with van der Waals surface area (Å²) < 4.78 is 26.2. The molecule has 0 spiro atoms. The molecular formula is C11H20N4O2S2. The monoisotopic (exact) mass is 304 g/mol. The number of H-pyrrole nitrogens is 1. The molecule has 0 aromatic carbocycles. The van der Waals surface area contributed by atoms with Gasteiger partial charge in [-0.05, 0) is 19.1 Å². The topological polar surface area (TPSA) is 78.1 Å². The van der Waals surface area contributed by atoms with Gasteiger partial charge in [0.15, 0.2) is 5.03 Å². The molecule has 1 fully saturated rings. The van der Waals surface area contributed by atoms with Gasteiger partial charge < -0.3 is 5.32 Å². The summed E-state index contributed by atoms with van der Waals surface area (Å²) in [7, 11) is -1.86. The van der Waals surface area contributed by atoms with Crippen molar-refractivity contribution in [1.29, 1.82) is 0 Å². The highest BCUT2D eigenvalue weighted by Gasteiger charge is 2.27. The Morgan fingerprint density at radius 1 is 1.58 bits per heavy atom. The van der Waals surface area contributed by atoms with E-state index in [-0.39, 0.29) is 5.03 Å². The largest absolute Gasteiger partial charge is 0.310 e. The van der Waals surface area contributed by atoms with Crippen molar-refractivity contribution >= 4 is 21.8 Å². The van der Waals surface area contributed by atoms with Crippen molar-refractivity contribution in [1.82, 2.24) is 19.8 Å². The van der Waals surface area contributed by atoms with Crippen molar-refractivity contribution < 1.29 is 8.42 Å². The minimum absolute atomic E-state index is 0.212. The zero-order valence-corrected chi connectivity index (χ0v) is 12.9. The van der Waals surface area contributed by atoms with Crippen LogP contribution in [0.4, 0.5) is 0 Å². The van der Waals surface area contributed by atoms with E-state index in [4.69, 9.17) is 0 Å². The Kier molecular flexibility index (Phi) is 4.88. The van der Waals surface area contributed by atoms with Gasteiger partial charge in [-0.15, -0.1) is 0 Å². The van der Waals surface area contributed by atoms with E-state index < -0.39 is 10.0 Å². The maximum atomic E-state index is 12.4. The van der Waals surface area contributed by atoms with Crippen molar-refractivity contribution in [3.8, 4) is 0 Å². The Morgan fingerprint density at radius 2 is 2.32 bits per heavy atom. The predicted octanol–water partition coefficient (Wildman–Crippen LogP) is 0.645. The van der Waals surface area contributed by atoms with Crippen molar-refractivity contribution in [2.24, 2.45) is 0 Å². The number of hydrogen-bond donors (Lipinski definition) is 2. The van der Waals surface area contributed by atoms with Crippen LogP contribution in [0.15, 0.2) is 11.2 Å². The normalized spacial score (nSPS) is 16.2. The van der Waals surface area contributed by atoms with Gasteiger partial charge in [-0.3, -0.25) is 5.10 Å². The molecule has 0 radical (unpaired) electrons. The highest BCUT2D eigenvalue weighted by atomic mass is 32.2. The molecule has 6 nitrogen and oxygen atoms in total. The lowest BCUT2D eigenvalue weighted by molar-refractivity contribution is 0.483. The Morgan fingerprint density at radius 3 is 2.95 bits per heavy atom. The third kappa shape index (κ3) is 3.71. The number of hydrogen-bond acceptors (Lipinski definition) is 5. The summed E-state index contributed by atoms with van der Waals surface area (Å²) in [5.41, 5.74) is 0.711. The van der Waals surface area contributed by atoms with Crippen LogP contribution in [-0.2, 0) is 16.6 Å². The summed E-state index contributed by atoms with van der Waals surface area (Å²) in [5.74, 6) is 0.777. The molecule has 1 aromatic heterocycles. The molecule has 1 aliphatic rings. The third-order valence-corrected chi connectivity index (χ3v) is 5.58. The second-order valence-electron chi connectivity index (χ2n) is 4.70. The van der Waals surface area contributed by atoms with Crippen LogP contribution < -0.4 is 5.32 Å². The first kappa shape index (κ1) is 14.8. The molecule has 1 saturated carbocycles. The Hall–Kier alpha value is -0.570. The maximum Gasteiger partial charge on any atom is 0.260 e. The van der Waals surface area contributed by atoms with Crippen LogP contribution in [0.2, 0.25) is 0 Å². The van der Waals surface area contributed by atoms with Gasteiger partial charge in [0.05, 0.1) is 6.20 Å². The van der Waals surface area contributed by atoms with Gasteiger partial charge in [0.1, 0.15) is 0 Å². The van der Waals surface area contributed by atoms with Gasteiger partial charge in [-0.25, -0.2) is 8.42 Å². The molecule has 2 rings (SSSR count). The van der Waals surface area contributed by atoms with Gasteiger partial charge in [0, 0.05) is 37.5 Å². The zero-order chi connectivity index (χ0) is 13.9. The summed E-state index contributed by atoms with van der Waals surface area (Å²) in [4.78, 5) is 0. The van der Waals surface area contributed by atoms with E-state index in [2.05, 4.69) is 15.5 Å². The first-order valence-corrected chi connectivity index (χ1v) is 9.10. The first-order chi connectivity index (χ1) is 9.05. The van der Waals surface area contributed by atoms with Crippen LogP contribution in [0, 0.1) is 0 Å². The molecule has 0 unspecified atom stereocenters. The fraction of sp³-hybridized carbons (Fsp3) is 0.727. The minimum atomic E-state index is -3.46. The van der Waals surface area contributed by atoms with Gasteiger partial charge in [-0.1, -0.05) is 0 Å². The van der Waals surface area contributed by atoms with Gasteiger partial charge in [0.25, 0.3) is 10.0 Å². The molecule has 19 heavy (non-hydrogen) atoms. The van der Waals surface area contributed by atoms with Crippen molar-refractivity contribution in [3.63, 3.8) is 0 Å². The highest BCUT2D eigenvalue weighted by Crippen LogP contribution is 2.21. The van der Waals surface area contributed by atoms with E-state index in [0.29, 0.717) is 24.7 Å². The molecule has 0 atom stereocenters. The Labute approximate surface area is 118 Å². The second kappa shape index (κ2) is 6.25. The van der Waals surface area contributed by atoms with Crippen molar-refractivity contribution in [3.05, 3.63) is 11.8 Å². The zero-order valence-electron chi connectivity index (χ0n) is 11.2. The lowest BCUT2D eigenvalue weighted by Crippen LogP contribution is -2.30. The number of rotatable bonds is 8. The van der Waals surface area contributed by atoms with E-state index in [0.717, 1.165) is 5.75 Å². The minimum Gasteiger partial charge on any atom is -0.310 e. The molecule has 0 aliphatic heterocycles. The molecule has 1 aromatic rings. The lowest BCUT2D eigenvalue weighted by atomic mass is 10.3. The van der Waals surface area contributed by atoms with Crippen LogP contribution in [0.5, 0.6) is 0 Å². The number of sulfonamides is 1. The van der Waals surface area contributed by atoms with Gasteiger partial charge in [0.2, 0.25) is 0 Å². The standard InChI is InChI=1S/C11H20N4O2S2/c1-15(5-6-18-2)19(16,17)11-9(8-13-14-11)7-12-10-3-4-10/h8,10,12H,3-7H2,1-2H3,(H,13,14). The summed E-state index contributed by atoms with van der Waals surface area (Å²) >= 11 is 1.63. The molecule has 1 aliphatic carbocycles. The molecule has 0 amide bonds. The highest BCUT2D eigenvalue weighted by molar-refractivity contribution is 7.98. The fourth-order valence-corrected chi connectivity index (χ4v) is 3.53. The average molecular weight is 304 g/mol. The molecule has 2 N–H and O–H groups in total. The summed E-state index contributed by atoms with van der Waals surface area (Å²) in [6.07, 6.45) is 5.90. The summed E-state index contributed by atoms with van der Waals surface area (Å²) in [5, 5.41) is 10.0. The molecule has 1 heterocycles. The summed E-state index contributed by atoms with van der Waals surface area (Å²) in [6.45, 7) is 1.05. The lowest BCUT2D eigenvalue weighted by Gasteiger charge is -2.16. The van der Waals surface area contributed by atoms with Crippen LogP contribution in [0.3, 0.4) is 0 Å². The van der Waals surface area contributed by atoms with E-state index in [1.807, 2.05) is 6.26 Å². The van der Waals surface area contributed by atoms with E-state index >= 15 is 0 Å². The van der Waals surface area contributed by atoms with Crippen molar-refractivity contribution in [2.75, 3.05) is 25.6 Å². The Bertz CT molecular complexity index is 511. The fourth-order valence-electron chi connectivity index (χ4n) is 1.69. The van der Waals surface area contributed by atoms with E-state index in [1.165, 1.54) is 17.1 Å². The van der Waals surface area contributed by atoms with Crippen LogP contribution in [0.25, 0.3) is 0 Å². The SMILES string of the molecule is CSCCN(C)S(=O)(=O)c1[nH]ncc1CNC1CC1. The summed E-state index contributed by atoms with van der Waals surface area (Å²) in [6, 6.07) is 0.541. The number of nitrogens with zero attached hydrogens (tertiary/aromatic N) is 2. The number of aromatic amines is 1. The molecule has 108 valence electrons. The number of nitrogens with one attached hydrogen (secondary N) is 2. The quantitative estimate of drug-likeness (QED) is 0.737. The number of aromatic nitrogens is 2.